The smallest absolute Gasteiger partial charge is 0.236 e. The van der Waals surface area contributed by atoms with Gasteiger partial charge in [0.15, 0.2) is 5.82 Å². The molecule has 13 heavy (non-hydrogen) atoms. The Kier molecular flexibility index (Phi) is 4.24. The maximum atomic E-state index is 5.36. The minimum Gasteiger partial charge on any atom is -0.338 e. The van der Waals surface area contributed by atoms with Crippen LogP contribution >= 0.6 is 11.8 Å². The van der Waals surface area contributed by atoms with Gasteiger partial charge in [0.05, 0.1) is 5.75 Å². The summed E-state index contributed by atoms with van der Waals surface area (Å²) in [7, 11) is 0. The monoisotopic (exact) mass is 201 g/mol. The highest BCUT2D eigenvalue weighted by Crippen LogP contribution is 2.13. The van der Waals surface area contributed by atoms with E-state index in [-0.39, 0.29) is 0 Å². The second kappa shape index (κ2) is 5.24. The minimum absolute atomic E-state index is 0.331. The number of nitrogens with zero attached hydrogens (tertiary/aromatic N) is 2. The van der Waals surface area contributed by atoms with E-state index in [1.165, 1.54) is 0 Å². The average molecular weight is 201 g/mol. The fourth-order valence-electron chi connectivity index (χ4n) is 0.804. The van der Waals surface area contributed by atoms with Crippen LogP contribution < -0.4 is 5.73 Å². The fourth-order valence-corrected chi connectivity index (χ4v) is 1.41. The van der Waals surface area contributed by atoms with Gasteiger partial charge in [-0.2, -0.15) is 16.7 Å². The van der Waals surface area contributed by atoms with E-state index in [4.69, 9.17) is 10.3 Å². The molecule has 1 aromatic rings. The van der Waals surface area contributed by atoms with Gasteiger partial charge in [-0.25, -0.2) is 0 Å². The van der Waals surface area contributed by atoms with Gasteiger partial charge < -0.3 is 10.3 Å². The van der Waals surface area contributed by atoms with Gasteiger partial charge in [0.2, 0.25) is 5.89 Å². The van der Waals surface area contributed by atoms with Gasteiger partial charge in [-0.3, -0.25) is 0 Å². The summed E-state index contributed by atoms with van der Waals surface area (Å²) < 4.78 is 5.05. The Balaban J connectivity index is 2.40. The van der Waals surface area contributed by atoms with Crippen molar-refractivity contribution in [3.8, 4) is 0 Å². The molecule has 0 aliphatic carbocycles. The summed E-state index contributed by atoms with van der Waals surface area (Å²) in [6.07, 6.45) is 0. The maximum absolute atomic E-state index is 5.36. The van der Waals surface area contributed by atoms with E-state index >= 15 is 0 Å². The summed E-state index contributed by atoms with van der Waals surface area (Å²) in [5.74, 6) is 3.50. The van der Waals surface area contributed by atoms with Gasteiger partial charge in [-0.1, -0.05) is 19.0 Å². The summed E-state index contributed by atoms with van der Waals surface area (Å²) in [6.45, 7) is 4.78. The molecule has 0 unspecified atom stereocenters. The van der Waals surface area contributed by atoms with Crippen LogP contribution in [-0.2, 0) is 5.75 Å². The lowest BCUT2D eigenvalue weighted by atomic mass is 10.2. The molecule has 1 aromatic heterocycles. The molecule has 0 atom stereocenters. The predicted octanol–water partition coefficient (Wildman–Crippen LogP) is 1.38. The molecular weight excluding hydrogens is 186 g/mol. The quantitative estimate of drug-likeness (QED) is 0.729. The van der Waals surface area contributed by atoms with Crippen LogP contribution in [0.5, 0.6) is 0 Å². The van der Waals surface area contributed by atoms with E-state index in [0.717, 1.165) is 17.3 Å². The van der Waals surface area contributed by atoms with Gasteiger partial charge in [0.1, 0.15) is 0 Å². The molecule has 0 bridgehead atoms. The molecule has 0 amide bonds. The van der Waals surface area contributed by atoms with E-state index in [1.54, 1.807) is 11.8 Å². The first kappa shape index (κ1) is 10.5. The van der Waals surface area contributed by atoms with Gasteiger partial charge in [-0.15, -0.1) is 0 Å². The van der Waals surface area contributed by atoms with Gasteiger partial charge >= 0.3 is 0 Å². The second-order valence-corrected chi connectivity index (χ2v) is 4.15. The first-order valence-electron chi connectivity index (χ1n) is 4.34. The Hall–Kier alpha value is -0.550. The number of aromatic nitrogens is 2. The number of thioether (sulfide) groups is 1. The lowest BCUT2D eigenvalue weighted by Gasteiger charge is -1.93. The van der Waals surface area contributed by atoms with Gasteiger partial charge in [0.25, 0.3) is 0 Å². The van der Waals surface area contributed by atoms with Crippen molar-refractivity contribution in [2.45, 2.75) is 25.5 Å². The number of hydrogen-bond acceptors (Lipinski definition) is 5. The first-order chi connectivity index (χ1) is 6.24. The summed E-state index contributed by atoms with van der Waals surface area (Å²) >= 11 is 1.71. The molecule has 5 heteroatoms. The van der Waals surface area contributed by atoms with Crippen LogP contribution in [0, 0.1) is 0 Å². The zero-order valence-electron chi connectivity index (χ0n) is 7.99. The van der Waals surface area contributed by atoms with Crippen LogP contribution in [0.4, 0.5) is 0 Å². The molecule has 0 fully saturated rings. The molecule has 0 saturated heterocycles. The Morgan fingerprint density at radius 3 is 2.85 bits per heavy atom. The molecule has 0 saturated carbocycles. The van der Waals surface area contributed by atoms with Crippen LogP contribution in [0.25, 0.3) is 0 Å². The number of rotatable bonds is 5. The second-order valence-electron chi connectivity index (χ2n) is 3.04. The lowest BCUT2D eigenvalue weighted by Crippen LogP contribution is -2.01. The third-order valence-corrected chi connectivity index (χ3v) is 2.46. The summed E-state index contributed by atoms with van der Waals surface area (Å²) in [5.41, 5.74) is 5.36. The van der Waals surface area contributed by atoms with Crippen molar-refractivity contribution in [1.29, 1.82) is 0 Å². The standard InChI is InChI=1S/C8H15N3OS/c1-6(2)8-10-7(12-11-8)5-13-4-3-9/h6H,3-5,9H2,1-2H3. The molecule has 0 spiro atoms. The molecule has 0 aromatic carbocycles. The zero-order valence-corrected chi connectivity index (χ0v) is 8.80. The van der Waals surface area contributed by atoms with E-state index in [0.29, 0.717) is 18.4 Å². The number of nitrogens with two attached hydrogens (primary N) is 1. The molecule has 4 nitrogen and oxygen atoms in total. The molecule has 1 rings (SSSR count). The molecular formula is C8H15N3OS. The van der Waals surface area contributed by atoms with Crippen molar-refractivity contribution < 1.29 is 4.52 Å². The Morgan fingerprint density at radius 1 is 1.54 bits per heavy atom. The third-order valence-electron chi connectivity index (χ3n) is 1.49. The largest absolute Gasteiger partial charge is 0.338 e. The molecule has 1 heterocycles. The molecule has 74 valence electrons. The van der Waals surface area contributed by atoms with Crippen LogP contribution in [0.3, 0.4) is 0 Å². The van der Waals surface area contributed by atoms with Crippen LogP contribution in [0.15, 0.2) is 4.52 Å². The molecule has 0 radical (unpaired) electrons. The highest BCUT2D eigenvalue weighted by molar-refractivity contribution is 7.98. The van der Waals surface area contributed by atoms with Gasteiger partial charge in [0, 0.05) is 18.2 Å². The summed E-state index contributed by atoms with van der Waals surface area (Å²) in [6, 6.07) is 0. The van der Waals surface area contributed by atoms with E-state index in [1.807, 2.05) is 13.8 Å². The van der Waals surface area contributed by atoms with E-state index in [9.17, 15) is 0 Å². The molecule has 0 aliphatic rings. The topological polar surface area (TPSA) is 64.9 Å². The van der Waals surface area contributed by atoms with Crippen LogP contribution in [-0.4, -0.2) is 22.4 Å². The molecule has 0 aliphatic heterocycles. The summed E-state index contributed by atoms with van der Waals surface area (Å²) in [4.78, 5) is 4.24. The SMILES string of the molecule is CC(C)c1noc(CSCCN)n1. The van der Waals surface area contributed by atoms with Crippen molar-refractivity contribution >= 4 is 11.8 Å². The predicted molar refractivity (Wildman–Crippen MR) is 53.6 cm³/mol. The maximum Gasteiger partial charge on any atom is 0.236 e. The lowest BCUT2D eigenvalue weighted by molar-refractivity contribution is 0.383. The number of hydrogen-bond donors (Lipinski definition) is 1. The fraction of sp³-hybridized carbons (Fsp3) is 0.750. The Morgan fingerprint density at radius 2 is 2.31 bits per heavy atom. The van der Waals surface area contributed by atoms with Crippen molar-refractivity contribution in [1.82, 2.24) is 10.1 Å². The van der Waals surface area contributed by atoms with E-state index < -0.39 is 0 Å². The van der Waals surface area contributed by atoms with Crippen molar-refractivity contribution in [2.24, 2.45) is 5.73 Å². The molecule has 2 N–H and O–H groups in total. The average Bonchev–Trinajstić information content (AvgIpc) is 2.53. The Bertz CT molecular complexity index is 249. The van der Waals surface area contributed by atoms with Crippen molar-refractivity contribution in [3.63, 3.8) is 0 Å². The van der Waals surface area contributed by atoms with E-state index in [2.05, 4.69) is 10.1 Å². The first-order valence-corrected chi connectivity index (χ1v) is 5.49. The highest BCUT2D eigenvalue weighted by atomic mass is 32.2. The normalized spacial score (nSPS) is 11.1. The van der Waals surface area contributed by atoms with Crippen molar-refractivity contribution in [3.05, 3.63) is 11.7 Å². The zero-order chi connectivity index (χ0) is 9.68. The van der Waals surface area contributed by atoms with Crippen LogP contribution in [0.2, 0.25) is 0 Å². The highest BCUT2D eigenvalue weighted by Gasteiger charge is 2.08. The van der Waals surface area contributed by atoms with Gasteiger partial charge in [-0.05, 0) is 0 Å². The third kappa shape index (κ3) is 3.36. The van der Waals surface area contributed by atoms with Crippen LogP contribution in [0.1, 0.15) is 31.5 Å². The minimum atomic E-state index is 0.331. The van der Waals surface area contributed by atoms with Crippen molar-refractivity contribution in [2.75, 3.05) is 12.3 Å². The summed E-state index contributed by atoms with van der Waals surface area (Å²) in [5, 5.41) is 3.86. The Labute approximate surface area is 82.3 Å².